The lowest BCUT2D eigenvalue weighted by Gasteiger charge is -2.26. The second kappa shape index (κ2) is 8.06. The number of ether oxygens (including phenoxy) is 1. The molecule has 0 aromatic rings. The number of carbonyl (C=O) groups is 2. The first kappa shape index (κ1) is 15.9. The molecule has 0 aliphatic carbocycles. The monoisotopic (exact) mass is 244 g/mol. The van der Waals surface area contributed by atoms with Crippen LogP contribution in [0.25, 0.3) is 0 Å². The molecule has 5 heteroatoms. The summed E-state index contributed by atoms with van der Waals surface area (Å²) < 4.78 is 4.57. The molecule has 0 rings (SSSR count). The van der Waals surface area contributed by atoms with Gasteiger partial charge in [0.2, 0.25) is 5.91 Å². The average Bonchev–Trinajstić information content (AvgIpc) is 2.35. The molecular weight excluding hydrogens is 220 g/mol. The van der Waals surface area contributed by atoms with E-state index < -0.39 is 12.0 Å². The van der Waals surface area contributed by atoms with Crippen LogP contribution in [0.4, 0.5) is 0 Å². The summed E-state index contributed by atoms with van der Waals surface area (Å²) in [4.78, 5) is 24.8. The number of carbonyl (C=O) groups excluding carboxylic acids is 2. The quantitative estimate of drug-likeness (QED) is 0.671. The van der Waals surface area contributed by atoms with Crippen LogP contribution in [0, 0.1) is 5.92 Å². The van der Waals surface area contributed by atoms with Crippen molar-refractivity contribution < 1.29 is 14.3 Å². The maximum absolute atomic E-state index is 12.1. The lowest BCUT2D eigenvalue weighted by molar-refractivity contribution is -0.147. The fourth-order valence-corrected chi connectivity index (χ4v) is 1.47. The van der Waals surface area contributed by atoms with Gasteiger partial charge in [0.05, 0.1) is 13.2 Å². The van der Waals surface area contributed by atoms with Gasteiger partial charge in [-0.15, -0.1) is 0 Å². The van der Waals surface area contributed by atoms with E-state index in [4.69, 9.17) is 5.73 Å². The predicted octanol–water partition coefficient (Wildman–Crippen LogP) is 0.771. The summed E-state index contributed by atoms with van der Waals surface area (Å²) in [5.41, 5.74) is 5.88. The number of hydrogen-bond acceptors (Lipinski definition) is 4. The van der Waals surface area contributed by atoms with E-state index in [0.717, 1.165) is 12.8 Å². The first-order chi connectivity index (χ1) is 7.97. The molecule has 0 aromatic carbocycles. The summed E-state index contributed by atoms with van der Waals surface area (Å²) in [6, 6.07) is -0.545. The first-order valence-corrected chi connectivity index (χ1v) is 6.09. The van der Waals surface area contributed by atoms with E-state index in [1.54, 1.807) is 0 Å². The molecule has 0 bridgehead atoms. The van der Waals surface area contributed by atoms with Crippen LogP contribution in [0.1, 0.15) is 33.6 Å². The van der Waals surface area contributed by atoms with Gasteiger partial charge in [-0.2, -0.15) is 0 Å². The van der Waals surface area contributed by atoms with Gasteiger partial charge >= 0.3 is 5.97 Å². The Kier molecular flexibility index (Phi) is 7.54. The number of nitrogens with zero attached hydrogens (tertiary/aromatic N) is 1. The van der Waals surface area contributed by atoms with Gasteiger partial charge in [0.25, 0.3) is 0 Å². The van der Waals surface area contributed by atoms with E-state index in [2.05, 4.69) is 4.74 Å². The molecule has 17 heavy (non-hydrogen) atoms. The van der Waals surface area contributed by atoms with Gasteiger partial charge in [-0.05, 0) is 12.3 Å². The topological polar surface area (TPSA) is 72.6 Å². The predicted molar refractivity (Wildman–Crippen MR) is 66.3 cm³/mol. The Balaban J connectivity index is 4.57. The second-order valence-electron chi connectivity index (χ2n) is 4.25. The van der Waals surface area contributed by atoms with Crippen molar-refractivity contribution in [1.29, 1.82) is 0 Å². The van der Waals surface area contributed by atoms with Crippen LogP contribution in [0.15, 0.2) is 0 Å². The van der Waals surface area contributed by atoms with Crippen LogP contribution < -0.4 is 5.73 Å². The summed E-state index contributed by atoms with van der Waals surface area (Å²) in [7, 11) is 1.31. The minimum absolute atomic E-state index is 0.0205. The van der Waals surface area contributed by atoms with E-state index in [9.17, 15) is 9.59 Å². The Hall–Kier alpha value is -1.10. The van der Waals surface area contributed by atoms with Gasteiger partial charge in [-0.1, -0.05) is 27.2 Å². The zero-order valence-corrected chi connectivity index (χ0v) is 11.2. The molecular formula is C12H24N2O3. The third kappa shape index (κ3) is 5.17. The summed E-state index contributed by atoms with van der Waals surface area (Å²) in [5.74, 6) is -0.478. The first-order valence-electron chi connectivity index (χ1n) is 6.09. The van der Waals surface area contributed by atoms with Gasteiger partial charge in [0.15, 0.2) is 0 Å². The molecule has 0 radical (unpaired) electrons. The smallest absolute Gasteiger partial charge is 0.325 e. The fourth-order valence-electron chi connectivity index (χ4n) is 1.47. The zero-order chi connectivity index (χ0) is 13.4. The largest absolute Gasteiger partial charge is 0.468 e. The maximum Gasteiger partial charge on any atom is 0.325 e. The highest BCUT2D eigenvalue weighted by atomic mass is 16.5. The molecule has 1 amide bonds. The van der Waals surface area contributed by atoms with Crippen molar-refractivity contribution in [1.82, 2.24) is 4.90 Å². The normalized spacial score (nSPS) is 13.9. The Morgan fingerprint density at radius 2 is 1.94 bits per heavy atom. The maximum atomic E-state index is 12.1. The molecule has 100 valence electrons. The van der Waals surface area contributed by atoms with Gasteiger partial charge < -0.3 is 15.4 Å². The van der Waals surface area contributed by atoms with Crippen molar-refractivity contribution in [2.45, 2.75) is 39.7 Å². The van der Waals surface area contributed by atoms with Crippen molar-refractivity contribution in [3.63, 3.8) is 0 Å². The molecule has 0 saturated heterocycles. The SMILES string of the molecule is CCCN(CC(=O)OC)C(=O)[C@@H](N)[C@@H](C)CC. The highest BCUT2D eigenvalue weighted by molar-refractivity contribution is 5.85. The molecule has 0 saturated carbocycles. The van der Waals surface area contributed by atoms with E-state index in [1.165, 1.54) is 12.0 Å². The van der Waals surface area contributed by atoms with Crippen LogP contribution >= 0.6 is 0 Å². The lowest BCUT2D eigenvalue weighted by atomic mass is 9.99. The standard InChI is InChI=1S/C12H24N2O3/c1-5-7-14(8-10(15)17-4)12(16)11(13)9(3)6-2/h9,11H,5-8,13H2,1-4H3/t9-,11-/m0/s1. The van der Waals surface area contributed by atoms with Crippen molar-refractivity contribution in [2.24, 2.45) is 11.7 Å². The van der Waals surface area contributed by atoms with Gasteiger partial charge in [0, 0.05) is 6.54 Å². The van der Waals surface area contributed by atoms with Crippen LogP contribution in [-0.4, -0.2) is 43.0 Å². The summed E-state index contributed by atoms with van der Waals surface area (Å²) in [5, 5.41) is 0. The van der Waals surface area contributed by atoms with Gasteiger partial charge in [-0.25, -0.2) is 0 Å². The Bertz CT molecular complexity index is 256. The van der Waals surface area contributed by atoms with Crippen molar-refractivity contribution in [2.75, 3.05) is 20.2 Å². The van der Waals surface area contributed by atoms with Crippen molar-refractivity contribution in [3.05, 3.63) is 0 Å². The number of hydrogen-bond donors (Lipinski definition) is 1. The number of rotatable bonds is 7. The summed E-state index contributed by atoms with van der Waals surface area (Å²) in [6.45, 7) is 6.38. The van der Waals surface area contributed by atoms with Crippen molar-refractivity contribution in [3.8, 4) is 0 Å². The number of nitrogens with two attached hydrogens (primary N) is 1. The number of amides is 1. The Morgan fingerprint density at radius 3 is 2.35 bits per heavy atom. The third-order valence-electron chi connectivity index (χ3n) is 2.89. The van der Waals surface area contributed by atoms with Crippen LogP contribution in [0.3, 0.4) is 0 Å². The average molecular weight is 244 g/mol. The van der Waals surface area contributed by atoms with Crippen LogP contribution in [-0.2, 0) is 14.3 Å². The fraction of sp³-hybridized carbons (Fsp3) is 0.833. The molecule has 0 unspecified atom stereocenters. The molecule has 2 atom stereocenters. The van der Waals surface area contributed by atoms with Crippen molar-refractivity contribution >= 4 is 11.9 Å². The highest BCUT2D eigenvalue weighted by Crippen LogP contribution is 2.09. The van der Waals surface area contributed by atoms with Gasteiger partial charge in [-0.3, -0.25) is 9.59 Å². The Labute approximate surface area is 103 Å². The molecule has 0 fully saturated rings. The van der Waals surface area contributed by atoms with E-state index in [0.29, 0.717) is 6.54 Å². The minimum Gasteiger partial charge on any atom is -0.468 e. The molecule has 0 aliphatic rings. The molecule has 0 aliphatic heterocycles. The second-order valence-corrected chi connectivity index (χ2v) is 4.25. The third-order valence-corrected chi connectivity index (χ3v) is 2.89. The van der Waals surface area contributed by atoms with Crippen LogP contribution in [0.2, 0.25) is 0 Å². The van der Waals surface area contributed by atoms with Crippen LogP contribution in [0.5, 0.6) is 0 Å². The minimum atomic E-state index is -0.545. The Morgan fingerprint density at radius 1 is 1.35 bits per heavy atom. The lowest BCUT2D eigenvalue weighted by Crippen LogP contribution is -2.49. The molecule has 0 aromatic heterocycles. The van der Waals surface area contributed by atoms with Gasteiger partial charge in [0.1, 0.15) is 6.54 Å². The highest BCUT2D eigenvalue weighted by Gasteiger charge is 2.26. The molecule has 5 nitrogen and oxygen atoms in total. The summed E-state index contributed by atoms with van der Waals surface area (Å²) in [6.07, 6.45) is 1.63. The molecule has 0 spiro atoms. The van der Waals surface area contributed by atoms with E-state index >= 15 is 0 Å². The van der Waals surface area contributed by atoms with E-state index in [1.807, 2.05) is 20.8 Å². The number of methoxy groups -OCH3 is 1. The number of esters is 1. The van der Waals surface area contributed by atoms with E-state index in [-0.39, 0.29) is 18.4 Å². The molecule has 0 heterocycles. The zero-order valence-electron chi connectivity index (χ0n) is 11.2. The molecule has 2 N–H and O–H groups in total. The summed E-state index contributed by atoms with van der Waals surface area (Å²) >= 11 is 0.